The Hall–Kier alpha value is -2.45. The standard InChI is InChI=1S/C21H22FNO5S/c1-20(2)21(25,23-10-6-9-19(23)24)13-14-11-18(16(22)12-17(14)28-20)29(26,27)15-7-4-3-5-8-15/h3-5,7-8,11-12,25H,6,9-10,13H2,1-2H3. The summed E-state index contributed by atoms with van der Waals surface area (Å²) in [5, 5.41) is 11.4. The van der Waals surface area contributed by atoms with Gasteiger partial charge in [0.25, 0.3) is 0 Å². The average Bonchev–Trinajstić information content (AvgIpc) is 3.09. The third-order valence-electron chi connectivity index (χ3n) is 5.74. The van der Waals surface area contributed by atoms with E-state index in [0.29, 0.717) is 24.9 Å². The molecule has 0 aliphatic carbocycles. The molecule has 2 aliphatic rings. The Morgan fingerprint density at radius 2 is 1.86 bits per heavy atom. The Morgan fingerprint density at radius 1 is 1.17 bits per heavy atom. The molecule has 0 spiro atoms. The molecular formula is C21H22FNO5S. The van der Waals surface area contributed by atoms with Crippen LogP contribution >= 0.6 is 0 Å². The second kappa shape index (κ2) is 6.53. The molecule has 1 atom stereocenters. The van der Waals surface area contributed by atoms with Gasteiger partial charge in [-0.05, 0) is 38.5 Å². The van der Waals surface area contributed by atoms with E-state index < -0.39 is 31.9 Å². The van der Waals surface area contributed by atoms with E-state index >= 15 is 0 Å². The minimum Gasteiger partial charge on any atom is -0.482 e. The molecule has 1 fully saturated rings. The van der Waals surface area contributed by atoms with Crippen LogP contribution in [0.5, 0.6) is 5.75 Å². The quantitative estimate of drug-likeness (QED) is 0.827. The van der Waals surface area contributed by atoms with Crippen molar-refractivity contribution < 1.29 is 27.4 Å². The minimum atomic E-state index is -4.09. The number of aliphatic hydroxyl groups is 1. The van der Waals surface area contributed by atoms with Crippen molar-refractivity contribution in [2.24, 2.45) is 0 Å². The smallest absolute Gasteiger partial charge is 0.225 e. The molecule has 0 aromatic heterocycles. The highest BCUT2D eigenvalue weighted by atomic mass is 32.2. The second-order valence-electron chi connectivity index (χ2n) is 7.96. The van der Waals surface area contributed by atoms with Gasteiger partial charge < -0.3 is 14.7 Å². The van der Waals surface area contributed by atoms with Gasteiger partial charge in [-0.1, -0.05) is 18.2 Å². The molecule has 154 valence electrons. The number of nitrogens with zero attached hydrogens (tertiary/aromatic N) is 1. The molecule has 2 aromatic rings. The van der Waals surface area contributed by atoms with Gasteiger partial charge in [-0.3, -0.25) is 4.79 Å². The average molecular weight is 419 g/mol. The van der Waals surface area contributed by atoms with E-state index in [9.17, 15) is 22.7 Å². The Balaban J connectivity index is 1.82. The topological polar surface area (TPSA) is 83.9 Å². The van der Waals surface area contributed by atoms with E-state index in [2.05, 4.69) is 0 Å². The van der Waals surface area contributed by atoms with Crippen LogP contribution in [-0.4, -0.2) is 42.2 Å². The molecule has 8 heteroatoms. The van der Waals surface area contributed by atoms with Gasteiger partial charge in [0, 0.05) is 31.0 Å². The van der Waals surface area contributed by atoms with Crippen LogP contribution in [0, 0.1) is 5.82 Å². The number of fused-ring (bicyclic) bond motifs is 1. The van der Waals surface area contributed by atoms with Crippen LogP contribution in [0.15, 0.2) is 52.3 Å². The lowest BCUT2D eigenvalue weighted by molar-refractivity contribution is -0.213. The summed E-state index contributed by atoms with van der Waals surface area (Å²) < 4.78 is 46.5. The molecule has 1 amide bonds. The van der Waals surface area contributed by atoms with Gasteiger partial charge >= 0.3 is 0 Å². The number of carbonyl (C=O) groups is 1. The van der Waals surface area contributed by atoms with Crippen molar-refractivity contribution in [3.8, 4) is 5.75 Å². The first-order valence-electron chi connectivity index (χ1n) is 9.41. The molecule has 1 saturated heterocycles. The second-order valence-corrected chi connectivity index (χ2v) is 9.88. The molecule has 2 aromatic carbocycles. The van der Waals surface area contributed by atoms with Crippen LogP contribution in [0.1, 0.15) is 32.3 Å². The van der Waals surface area contributed by atoms with E-state index in [1.165, 1.54) is 23.1 Å². The number of benzene rings is 2. The first-order chi connectivity index (χ1) is 13.6. The SMILES string of the molecule is CC1(C)Oc2cc(F)c(S(=O)(=O)c3ccccc3)cc2CC1(O)N1CCCC1=O. The maximum absolute atomic E-state index is 14.8. The van der Waals surface area contributed by atoms with Gasteiger partial charge in [-0.15, -0.1) is 0 Å². The number of sulfone groups is 1. The van der Waals surface area contributed by atoms with Crippen LogP contribution < -0.4 is 4.74 Å². The van der Waals surface area contributed by atoms with E-state index in [4.69, 9.17) is 4.74 Å². The van der Waals surface area contributed by atoms with Gasteiger partial charge in [-0.25, -0.2) is 12.8 Å². The summed E-state index contributed by atoms with van der Waals surface area (Å²) in [4.78, 5) is 13.2. The minimum absolute atomic E-state index is 0.0270. The van der Waals surface area contributed by atoms with Crippen molar-refractivity contribution >= 4 is 15.7 Å². The van der Waals surface area contributed by atoms with Crippen LogP contribution in [0.25, 0.3) is 0 Å². The van der Waals surface area contributed by atoms with Crippen molar-refractivity contribution in [1.29, 1.82) is 0 Å². The van der Waals surface area contributed by atoms with Crippen molar-refractivity contribution in [2.75, 3.05) is 6.54 Å². The summed E-state index contributed by atoms with van der Waals surface area (Å²) in [5.41, 5.74) is -2.53. The Kier molecular flexibility index (Phi) is 4.47. The summed E-state index contributed by atoms with van der Waals surface area (Å²) in [6, 6.07) is 9.83. The summed E-state index contributed by atoms with van der Waals surface area (Å²) in [5.74, 6) is -0.950. The number of hydrogen-bond acceptors (Lipinski definition) is 5. The Bertz CT molecular complexity index is 1080. The number of halogens is 1. The predicted molar refractivity (Wildman–Crippen MR) is 103 cm³/mol. The van der Waals surface area contributed by atoms with Gasteiger partial charge in [0.1, 0.15) is 16.5 Å². The van der Waals surface area contributed by atoms with E-state index in [-0.39, 0.29) is 23.0 Å². The monoisotopic (exact) mass is 419 g/mol. The molecule has 2 aliphatic heterocycles. The van der Waals surface area contributed by atoms with Gasteiger partial charge in [0.05, 0.1) is 4.90 Å². The summed E-state index contributed by atoms with van der Waals surface area (Å²) in [6.45, 7) is 3.65. The molecule has 0 saturated carbocycles. The number of hydrogen-bond donors (Lipinski definition) is 1. The molecule has 6 nitrogen and oxygen atoms in total. The predicted octanol–water partition coefficient (Wildman–Crippen LogP) is 2.68. The highest BCUT2D eigenvalue weighted by Gasteiger charge is 2.56. The lowest BCUT2D eigenvalue weighted by Crippen LogP contribution is -2.67. The van der Waals surface area contributed by atoms with Crippen LogP contribution in [0.4, 0.5) is 4.39 Å². The zero-order valence-electron chi connectivity index (χ0n) is 16.2. The normalized spacial score (nSPS) is 23.6. The largest absolute Gasteiger partial charge is 0.482 e. The lowest BCUT2D eigenvalue weighted by atomic mass is 9.83. The Morgan fingerprint density at radius 3 is 2.48 bits per heavy atom. The molecule has 0 bridgehead atoms. The molecule has 1 N–H and O–H groups in total. The highest BCUT2D eigenvalue weighted by Crippen LogP contribution is 2.44. The number of ether oxygens (including phenoxy) is 1. The fraction of sp³-hybridized carbons (Fsp3) is 0.381. The zero-order valence-corrected chi connectivity index (χ0v) is 17.0. The van der Waals surface area contributed by atoms with Crippen LogP contribution in [0.3, 0.4) is 0 Å². The fourth-order valence-corrected chi connectivity index (χ4v) is 5.42. The molecule has 29 heavy (non-hydrogen) atoms. The van der Waals surface area contributed by atoms with Crippen molar-refractivity contribution in [2.45, 2.75) is 54.2 Å². The maximum atomic E-state index is 14.8. The zero-order chi connectivity index (χ0) is 21.0. The Labute approximate surface area is 168 Å². The van der Waals surface area contributed by atoms with Crippen LogP contribution in [-0.2, 0) is 21.1 Å². The molecular weight excluding hydrogens is 397 g/mol. The molecule has 1 unspecified atom stereocenters. The molecule has 0 radical (unpaired) electrons. The number of likely N-dealkylation sites (tertiary alicyclic amines) is 1. The summed E-state index contributed by atoms with van der Waals surface area (Å²) in [6.07, 6.45) is 0.905. The first-order valence-corrected chi connectivity index (χ1v) is 10.9. The number of rotatable bonds is 3. The van der Waals surface area contributed by atoms with Gasteiger partial charge in [0.2, 0.25) is 15.7 Å². The molecule has 2 heterocycles. The van der Waals surface area contributed by atoms with E-state index in [1.807, 2.05) is 0 Å². The van der Waals surface area contributed by atoms with Crippen LogP contribution in [0.2, 0.25) is 0 Å². The first kappa shape index (κ1) is 19.8. The maximum Gasteiger partial charge on any atom is 0.225 e. The third kappa shape index (κ3) is 3.02. The van der Waals surface area contributed by atoms with Gasteiger partial charge in [-0.2, -0.15) is 0 Å². The summed E-state index contributed by atoms with van der Waals surface area (Å²) in [7, 11) is -4.09. The van der Waals surface area contributed by atoms with Crippen molar-refractivity contribution in [1.82, 2.24) is 4.90 Å². The third-order valence-corrected chi connectivity index (χ3v) is 7.53. The number of carbonyl (C=O) groups excluding carboxylic acids is 1. The van der Waals surface area contributed by atoms with Crippen molar-refractivity contribution in [3.05, 3.63) is 53.8 Å². The highest BCUT2D eigenvalue weighted by molar-refractivity contribution is 7.91. The lowest BCUT2D eigenvalue weighted by Gasteiger charge is -2.51. The summed E-state index contributed by atoms with van der Waals surface area (Å²) >= 11 is 0. The van der Waals surface area contributed by atoms with Gasteiger partial charge in [0.15, 0.2) is 11.3 Å². The fourth-order valence-electron chi connectivity index (χ4n) is 4.04. The van der Waals surface area contributed by atoms with Crippen molar-refractivity contribution in [3.63, 3.8) is 0 Å². The van der Waals surface area contributed by atoms with E-state index in [1.54, 1.807) is 32.0 Å². The van der Waals surface area contributed by atoms with E-state index in [0.717, 1.165) is 6.07 Å². The number of amides is 1. The molecule has 4 rings (SSSR count).